The molecular formula is C14H29N3O2. The number of nitrogens with zero attached hydrogens (tertiary/aromatic N) is 2. The van der Waals surface area contributed by atoms with Crippen LogP contribution in [0, 0.1) is 0 Å². The molecule has 1 amide bonds. The van der Waals surface area contributed by atoms with Crippen molar-refractivity contribution in [3.05, 3.63) is 0 Å². The molecule has 0 aromatic carbocycles. The fourth-order valence-electron chi connectivity index (χ4n) is 2.44. The van der Waals surface area contributed by atoms with Crippen LogP contribution in [0.15, 0.2) is 0 Å². The quantitative estimate of drug-likeness (QED) is 0.734. The first-order valence-corrected chi connectivity index (χ1v) is 7.33. The molecule has 0 radical (unpaired) electrons. The van der Waals surface area contributed by atoms with Crippen molar-refractivity contribution >= 4 is 5.91 Å². The molecule has 0 bridgehead atoms. The van der Waals surface area contributed by atoms with Crippen LogP contribution in [0.2, 0.25) is 0 Å². The molecular weight excluding hydrogens is 242 g/mol. The van der Waals surface area contributed by atoms with E-state index in [0.717, 1.165) is 51.9 Å². The first-order valence-electron chi connectivity index (χ1n) is 7.33. The Morgan fingerprint density at radius 3 is 2.84 bits per heavy atom. The number of nitrogens with two attached hydrogens (primary N) is 1. The molecule has 1 fully saturated rings. The summed E-state index contributed by atoms with van der Waals surface area (Å²) in [6.45, 7) is 5.93. The normalized spacial score (nSPS) is 25.1. The van der Waals surface area contributed by atoms with E-state index in [0.29, 0.717) is 13.0 Å². The lowest BCUT2D eigenvalue weighted by atomic mass is 9.98. The third-order valence-corrected chi connectivity index (χ3v) is 3.92. The van der Waals surface area contributed by atoms with Crippen molar-refractivity contribution in [3.63, 3.8) is 0 Å². The Balaban J connectivity index is 2.26. The van der Waals surface area contributed by atoms with Crippen LogP contribution in [0.5, 0.6) is 0 Å². The van der Waals surface area contributed by atoms with Crippen LogP contribution in [0.3, 0.4) is 0 Å². The summed E-state index contributed by atoms with van der Waals surface area (Å²) in [7, 11) is 1.84. The van der Waals surface area contributed by atoms with Gasteiger partial charge in [-0.15, -0.1) is 0 Å². The zero-order valence-electron chi connectivity index (χ0n) is 12.4. The molecule has 1 aliphatic rings. The lowest BCUT2D eigenvalue weighted by Crippen LogP contribution is -2.34. The molecule has 1 aliphatic heterocycles. The van der Waals surface area contributed by atoms with Gasteiger partial charge in [0.25, 0.3) is 0 Å². The SMILES string of the molecule is CN(CCCN)C(=O)CCN1CCCC(C)(O)CC1. The van der Waals surface area contributed by atoms with E-state index < -0.39 is 5.60 Å². The topological polar surface area (TPSA) is 69.8 Å². The first-order chi connectivity index (χ1) is 8.94. The molecule has 5 nitrogen and oxygen atoms in total. The molecule has 5 heteroatoms. The Morgan fingerprint density at radius 1 is 1.42 bits per heavy atom. The summed E-state index contributed by atoms with van der Waals surface area (Å²) in [5.41, 5.74) is 4.91. The zero-order chi connectivity index (χ0) is 14.3. The van der Waals surface area contributed by atoms with E-state index in [9.17, 15) is 9.90 Å². The molecule has 1 rings (SSSR count). The van der Waals surface area contributed by atoms with Gasteiger partial charge in [-0.05, 0) is 45.7 Å². The maximum Gasteiger partial charge on any atom is 0.223 e. The maximum atomic E-state index is 11.9. The lowest BCUT2D eigenvalue weighted by molar-refractivity contribution is -0.130. The van der Waals surface area contributed by atoms with Gasteiger partial charge in [0.05, 0.1) is 5.60 Å². The fourth-order valence-corrected chi connectivity index (χ4v) is 2.44. The van der Waals surface area contributed by atoms with Crippen molar-refractivity contribution in [2.75, 3.05) is 39.8 Å². The van der Waals surface area contributed by atoms with Gasteiger partial charge in [-0.2, -0.15) is 0 Å². The van der Waals surface area contributed by atoms with Gasteiger partial charge < -0.3 is 20.6 Å². The second kappa shape index (κ2) is 7.82. The van der Waals surface area contributed by atoms with Crippen LogP contribution in [0.25, 0.3) is 0 Å². The average Bonchev–Trinajstić information content (AvgIpc) is 2.54. The molecule has 3 N–H and O–H groups in total. The number of rotatable bonds is 6. The molecule has 1 saturated heterocycles. The lowest BCUT2D eigenvalue weighted by Gasteiger charge is -2.23. The van der Waals surface area contributed by atoms with E-state index in [1.165, 1.54) is 0 Å². The molecule has 1 unspecified atom stereocenters. The summed E-state index contributed by atoms with van der Waals surface area (Å²) in [5.74, 6) is 0.185. The van der Waals surface area contributed by atoms with Gasteiger partial charge in [0.2, 0.25) is 5.91 Å². The Labute approximate surface area is 116 Å². The van der Waals surface area contributed by atoms with Crippen LogP contribution >= 0.6 is 0 Å². The second-order valence-electron chi connectivity index (χ2n) is 5.90. The molecule has 0 saturated carbocycles. The Morgan fingerprint density at radius 2 is 2.16 bits per heavy atom. The van der Waals surface area contributed by atoms with E-state index in [4.69, 9.17) is 5.73 Å². The summed E-state index contributed by atoms with van der Waals surface area (Å²) < 4.78 is 0. The summed E-state index contributed by atoms with van der Waals surface area (Å²) in [6.07, 6.45) is 4.07. The number of carbonyl (C=O) groups is 1. The van der Waals surface area contributed by atoms with Crippen molar-refractivity contribution in [2.24, 2.45) is 5.73 Å². The standard InChI is InChI=1S/C14H29N3O2/c1-14(19)6-3-10-17(12-7-14)11-5-13(18)16(2)9-4-8-15/h19H,3-12,15H2,1-2H3. The van der Waals surface area contributed by atoms with Gasteiger partial charge in [0.1, 0.15) is 0 Å². The van der Waals surface area contributed by atoms with Crippen LogP contribution in [-0.2, 0) is 4.79 Å². The third kappa shape index (κ3) is 6.36. The smallest absolute Gasteiger partial charge is 0.223 e. The second-order valence-corrected chi connectivity index (χ2v) is 5.90. The highest BCUT2D eigenvalue weighted by Crippen LogP contribution is 2.21. The number of hydrogen-bond acceptors (Lipinski definition) is 4. The predicted molar refractivity (Wildman–Crippen MR) is 76.8 cm³/mol. The Hall–Kier alpha value is -0.650. The summed E-state index contributed by atoms with van der Waals surface area (Å²) in [6, 6.07) is 0. The highest BCUT2D eigenvalue weighted by Gasteiger charge is 2.25. The number of hydrogen-bond donors (Lipinski definition) is 2. The minimum atomic E-state index is -0.531. The van der Waals surface area contributed by atoms with Crippen molar-refractivity contribution < 1.29 is 9.90 Å². The number of carbonyl (C=O) groups excluding carboxylic acids is 1. The molecule has 0 aromatic heterocycles. The number of aliphatic hydroxyl groups is 1. The van der Waals surface area contributed by atoms with Crippen LogP contribution in [0.4, 0.5) is 0 Å². The van der Waals surface area contributed by atoms with E-state index in [-0.39, 0.29) is 5.91 Å². The van der Waals surface area contributed by atoms with Gasteiger partial charge in [-0.25, -0.2) is 0 Å². The summed E-state index contributed by atoms with van der Waals surface area (Å²) in [4.78, 5) is 16.0. The van der Waals surface area contributed by atoms with Crippen molar-refractivity contribution in [1.82, 2.24) is 9.80 Å². The van der Waals surface area contributed by atoms with Gasteiger partial charge in [0, 0.05) is 33.1 Å². The maximum absolute atomic E-state index is 11.9. The predicted octanol–water partition coefficient (Wildman–Crippen LogP) is 0.421. The first kappa shape index (κ1) is 16.4. The van der Waals surface area contributed by atoms with E-state index >= 15 is 0 Å². The summed E-state index contributed by atoms with van der Waals surface area (Å²) >= 11 is 0. The largest absolute Gasteiger partial charge is 0.390 e. The third-order valence-electron chi connectivity index (χ3n) is 3.92. The molecule has 1 atom stereocenters. The number of likely N-dealkylation sites (tertiary alicyclic amines) is 1. The van der Waals surface area contributed by atoms with Crippen molar-refractivity contribution in [3.8, 4) is 0 Å². The molecule has 0 spiro atoms. The van der Waals surface area contributed by atoms with Crippen LogP contribution < -0.4 is 5.73 Å². The monoisotopic (exact) mass is 271 g/mol. The van der Waals surface area contributed by atoms with E-state index in [2.05, 4.69) is 4.90 Å². The highest BCUT2D eigenvalue weighted by molar-refractivity contribution is 5.76. The fraction of sp³-hybridized carbons (Fsp3) is 0.929. The minimum Gasteiger partial charge on any atom is -0.390 e. The van der Waals surface area contributed by atoms with Crippen molar-refractivity contribution in [1.29, 1.82) is 0 Å². The molecule has 19 heavy (non-hydrogen) atoms. The van der Waals surface area contributed by atoms with E-state index in [1.807, 2.05) is 14.0 Å². The van der Waals surface area contributed by atoms with E-state index in [1.54, 1.807) is 4.90 Å². The molecule has 0 aliphatic carbocycles. The van der Waals surface area contributed by atoms with Gasteiger partial charge in [-0.1, -0.05) is 0 Å². The summed E-state index contributed by atoms with van der Waals surface area (Å²) in [5, 5.41) is 10.0. The number of amides is 1. The van der Waals surface area contributed by atoms with Gasteiger partial charge >= 0.3 is 0 Å². The average molecular weight is 271 g/mol. The highest BCUT2D eigenvalue weighted by atomic mass is 16.3. The molecule has 112 valence electrons. The van der Waals surface area contributed by atoms with Crippen LogP contribution in [0.1, 0.15) is 39.0 Å². The van der Waals surface area contributed by atoms with Gasteiger partial charge in [-0.3, -0.25) is 4.79 Å². The Bertz CT molecular complexity index is 282. The Kier molecular flexibility index (Phi) is 6.75. The minimum absolute atomic E-state index is 0.185. The molecule has 0 aromatic rings. The molecule has 1 heterocycles. The van der Waals surface area contributed by atoms with Crippen molar-refractivity contribution in [2.45, 2.75) is 44.6 Å². The van der Waals surface area contributed by atoms with Crippen LogP contribution in [-0.4, -0.2) is 66.2 Å². The zero-order valence-corrected chi connectivity index (χ0v) is 12.4. The van der Waals surface area contributed by atoms with Gasteiger partial charge in [0.15, 0.2) is 0 Å².